The Kier molecular flexibility index (Phi) is 6.57. The Hall–Kier alpha value is -2.82. The van der Waals surface area contributed by atoms with E-state index in [9.17, 15) is 9.59 Å². The summed E-state index contributed by atoms with van der Waals surface area (Å²) in [5, 5.41) is 11.3. The van der Waals surface area contributed by atoms with E-state index in [1.165, 1.54) is 0 Å². The number of benzene rings is 2. The fourth-order valence-electron chi connectivity index (χ4n) is 2.37. The molecule has 0 saturated heterocycles. The van der Waals surface area contributed by atoms with Crippen LogP contribution in [0.3, 0.4) is 0 Å². The molecule has 2 aromatic carbocycles. The summed E-state index contributed by atoms with van der Waals surface area (Å²) in [6.07, 6.45) is -0.965. The number of nitrogens with one attached hydrogen (secondary N) is 1. The van der Waals surface area contributed by atoms with Crippen LogP contribution < -0.4 is 10.1 Å². The zero-order valence-electron chi connectivity index (χ0n) is 14.4. The lowest BCUT2D eigenvalue weighted by molar-refractivity contribution is -0.137. The lowest BCUT2D eigenvalue weighted by atomic mass is 10.0. The van der Waals surface area contributed by atoms with E-state index >= 15 is 0 Å². The Labute approximate surface area is 147 Å². The lowest BCUT2D eigenvalue weighted by Gasteiger charge is -2.20. The van der Waals surface area contributed by atoms with Crippen LogP contribution >= 0.6 is 0 Å². The van der Waals surface area contributed by atoms with Crippen LogP contribution in [0.2, 0.25) is 0 Å². The first-order valence-corrected chi connectivity index (χ1v) is 8.28. The Balaban J connectivity index is 2.19. The van der Waals surface area contributed by atoms with Crippen LogP contribution in [-0.4, -0.2) is 23.5 Å². The van der Waals surface area contributed by atoms with E-state index < -0.39 is 12.1 Å². The molecule has 5 nitrogen and oxygen atoms in total. The summed E-state index contributed by atoms with van der Waals surface area (Å²) in [6.45, 7) is 4.24. The molecular weight excluding hydrogens is 318 g/mol. The summed E-state index contributed by atoms with van der Waals surface area (Å²) in [6, 6.07) is 16.8. The molecule has 132 valence electrons. The monoisotopic (exact) mass is 341 g/mol. The smallest absolute Gasteiger partial charge is 0.305 e. The summed E-state index contributed by atoms with van der Waals surface area (Å²) < 4.78 is 5.95. The average Bonchev–Trinajstić information content (AvgIpc) is 2.60. The molecule has 2 N–H and O–H groups in total. The Morgan fingerprint density at radius 2 is 1.72 bits per heavy atom. The average molecular weight is 341 g/mol. The molecule has 25 heavy (non-hydrogen) atoms. The largest absolute Gasteiger partial charge is 0.481 e. The quantitative estimate of drug-likeness (QED) is 0.770. The van der Waals surface area contributed by atoms with Crippen molar-refractivity contribution in [3.63, 3.8) is 0 Å². The summed E-state index contributed by atoms with van der Waals surface area (Å²) >= 11 is 0. The second kappa shape index (κ2) is 8.87. The highest BCUT2D eigenvalue weighted by molar-refractivity contribution is 5.83. The molecule has 0 fully saturated rings. The number of aliphatic carboxylic acids is 1. The van der Waals surface area contributed by atoms with E-state index in [0.29, 0.717) is 17.2 Å². The molecule has 5 heteroatoms. The van der Waals surface area contributed by atoms with Crippen molar-refractivity contribution in [2.75, 3.05) is 6.54 Å². The molecule has 0 aliphatic heterocycles. The van der Waals surface area contributed by atoms with Crippen LogP contribution in [0.4, 0.5) is 0 Å². The number of hydrogen-bond donors (Lipinski definition) is 2. The summed E-state index contributed by atoms with van der Waals surface area (Å²) in [7, 11) is 0. The van der Waals surface area contributed by atoms with Crippen molar-refractivity contribution in [2.24, 2.45) is 0 Å². The Bertz CT molecular complexity index is 713. The number of carboxylic acid groups (broad SMARTS) is 1. The molecule has 0 aromatic heterocycles. The van der Waals surface area contributed by atoms with E-state index in [1.807, 2.05) is 54.6 Å². The highest BCUT2D eigenvalue weighted by Gasteiger charge is 2.22. The van der Waals surface area contributed by atoms with Gasteiger partial charge < -0.3 is 15.2 Å². The van der Waals surface area contributed by atoms with Crippen LogP contribution in [0.15, 0.2) is 54.6 Å². The number of amides is 1. The van der Waals surface area contributed by atoms with Crippen molar-refractivity contribution in [1.82, 2.24) is 5.32 Å². The summed E-state index contributed by atoms with van der Waals surface area (Å²) in [4.78, 5) is 23.1. The van der Waals surface area contributed by atoms with Gasteiger partial charge in [-0.1, -0.05) is 56.3 Å². The maximum absolute atomic E-state index is 12.5. The summed E-state index contributed by atoms with van der Waals surface area (Å²) in [5.74, 6) is -0.360. The van der Waals surface area contributed by atoms with Gasteiger partial charge in [0.15, 0.2) is 0 Å². The molecule has 1 atom stereocenters. The molecule has 0 saturated carbocycles. The minimum absolute atomic E-state index is 0.0624. The van der Waals surface area contributed by atoms with Gasteiger partial charge in [-0.3, -0.25) is 9.59 Å². The molecule has 2 aromatic rings. The van der Waals surface area contributed by atoms with Crippen molar-refractivity contribution < 1.29 is 19.4 Å². The molecule has 2 rings (SSSR count). The van der Waals surface area contributed by atoms with Crippen molar-refractivity contribution in [3.8, 4) is 5.75 Å². The highest BCUT2D eigenvalue weighted by atomic mass is 16.5. The number of carbonyl (C=O) groups excluding carboxylic acids is 1. The Morgan fingerprint density at radius 3 is 2.36 bits per heavy atom. The van der Waals surface area contributed by atoms with Gasteiger partial charge in [0.2, 0.25) is 6.10 Å². The van der Waals surface area contributed by atoms with Gasteiger partial charge in [0.05, 0.1) is 6.42 Å². The van der Waals surface area contributed by atoms with Gasteiger partial charge in [0.1, 0.15) is 5.75 Å². The van der Waals surface area contributed by atoms with E-state index in [0.717, 1.165) is 5.56 Å². The molecule has 0 heterocycles. The Morgan fingerprint density at radius 1 is 1.04 bits per heavy atom. The SMILES string of the molecule is CC(C)c1cccc(OC(C(=O)NCCC(=O)O)c2ccccc2)c1. The summed E-state index contributed by atoms with van der Waals surface area (Å²) in [5.41, 5.74) is 1.83. The van der Waals surface area contributed by atoms with E-state index in [2.05, 4.69) is 19.2 Å². The zero-order chi connectivity index (χ0) is 18.2. The normalized spacial score (nSPS) is 11.8. The van der Waals surface area contributed by atoms with Crippen molar-refractivity contribution in [2.45, 2.75) is 32.3 Å². The van der Waals surface area contributed by atoms with Crippen LogP contribution in [0.1, 0.15) is 43.4 Å². The first-order valence-electron chi connectivity index (χ1n) is 8.28. The lowest BCUT2D eigenvalue weighted by Crippen LogP contribution is -2.33. The van der Waals surface area contributed by atoms with Gasteiger partial charge in [-0.05, 0) is 23.6 Å². The van der Waals surface area contributed by atoms with E-state index in [1.54, 1.807) is 0 Å². The van der Waals surface area contributed by atoms with Crippen molar-refractivity contribution in [3.05, 3.63) is 65.7 Å². The van der Waals surface area contributed by atoms with Gasteiger partial charge in [-0.2, -0.15) is 0 Å². The zero-order valence-corrected chi connectivity index (χ0v) is 14.4. The third-order valence-electron chi connectivity index (χ3n) is 3.76. The van der Waals surface area contributed by atoms with Crippen LogP contribution in [0.5, 0.6) is 5.75 Å². The number of ether oxygens (including phenoxy) is 1. The molecule has 0 aliphatic rings. The van der Waals surface area contributed by atoms with E-state index in [-0.39, 0.29) is 18.9 Å². The second-order valence-corrected chi connectivity index (χ2v) is 6.07. The topological polar surface area (TPSA) is 75.6 Å². The number of rotatable bonds is 8. The fraction of sp³-hybridized carbons (Fsp3) is 0.300. The van der Waals surface area contributed by atoms with Gasteiger partial charge in [-0.15, -0.1) is 0 Å². The van der Waals surface area contributed by atoms with Gasteiger partial charge in [0.25, 0.3) is 5.91 Å². The van der Waals surface area contributed by atoms with Crippen molar-refractivity contribution >= 4 is 11.9 Å². The third-order valence-corrected chi connectivity index (χ3v) is 3.76. The first-order chi connectivity index (χ1) is 12.0. The maximum atomic E-state index is 12.5. The standard InChI is InChI=1S/C20H23NO4/c1-14(2)16-9-6-10-17(13-16)25-19(15-7-4-3-5-8-15)20(24)21-12-11-18(22)23/h3-10,13-14,19H,11-12H2,1-2H3,(H,21,24)(H,22,23). The highest BCUT2D eigenvalue weighted by Crippen LogP contribution is 2.25. The van der Waals surface area contributed by atoms with Crippen LogP contribution in [0.25, 0.3) is 0 Å². The molecule has 0 aliphatic carbocycles. The molecule has 1 unspecified atom stereocenters. The fourth-order valence-corrected chi connectivity index (χ4v) is 2.37. The minimum Gasteiger partial charge on any atom is -0.481 e. The molecule has 0 radical (unpaired) electrons. The maximum Gasteiger partial charge on any atom is 0.305 e. The predicted octanol–water partition coefficient (Wildman–Crippen LogP) is 3.52. The van der Waals surface area contributed by atoms with Crippen LogP contribution in [-0.2, 0) is 9.59 Å². The van der Waals surface area contributed by atoms with Crippen LogP contribution in [0, 0.1) is 0 Å². The van der Waals surface area contributed by atoms with Gasteiger partial charge >= 0.3 is 5.97 Å². The molecule has 1 amide bonds. The minimum atomic E-state index is -0.956. The molecule has 0 bridgehead atoms. The molecule has 0 spiro atoms. The number of hydrogen-bond acceptors (Lipinski definition) is 3. The molecular formula is C20H23NO4. The third kappa shape index (κ3) is 5.64. The number of carbonyl (C=O) groups is 2. The second-order valence-electron chi connectivity index (χ2n) is 6.07. The van der Waals surface area contributed by atoms with Gasteiger partial charge in [-0.25, -0.2) is 0 Å². The van der Waals surface area contributed by atoms with Gasteiger partial charge in [0, 0.05) is 12.1 Å². The van der Waals surface area contributed by atoms with Crippen molar-refractivity contribution in [1.29, 1.82) is 0 Å². The van der Waals surface area contributed by atoms with E-state index in [4.69, 9.17) is 9.84 Å². The predicted molar refractivity (Wildman–Crippen MR) is 95.6 cm³/mol. The first kappa shape index (κ1) is 18.5. The number of carboxylic acids is 1.